The van der Waals surface area contributed by atoms with Crippen LogP contribution in [-0.2, 0) is 14.3 Å². The van der Waals surface area contributed by atoms with E-state index in [1.165, 1.54) is 0 Å². The van der Waals surface area contributed by atoms with Crippen LogP contribution in [0, 0.1) is 0 Å². The number of amides is 1. The second-order valence-electron chi connectivity index (χ2n) is 0.827. The molecule has 8 heavy (non-hydrogen) atoms. The third-order valence-electron chi connectivity index (χ3n) is 0.205. The summed E-state index contributed by atoms with van der Waals surface area (Å²) in [5.74, 6) is 0. The highest BCUT2D eigenvalue weighted by molar-refractivity contribution is 8.12. The first-order valence-electron chi connectivity index (χ1n) is 1.35. The third-order valence-corrected chi connectivity index (χ3v) is 0.847. The maximum absolute atomic E-state index is 9.68. The quantitative estimate of drug-likeness (QED) is 0.528. The summed E-state index contributed by atoms with van der Waals surface area (Å²) in [6, 6.07) is 0. The molecule has 0 aromatic rings. The summed E-state index contributed by atoms with van der Waals surface area (Å²) in [5, 5.41) is 9.33. The lowest BCUT2D eigenvalue weighted by molar-refractivity contribution is 0.176. The molecule has 1 radical (unpaired) electrons. The van der Waals surface area contributed by atoms with E-state index in [1.807, 2.05) is 0 Å². The molecule has 0 fully saturated rings. The molecule has 1 amide bonds. The Morgan fingerprint density at radius 3 is 1.88 bits per heavy atom. The number of nitrogens with one attached hydrogen (secondary N) is 1. The molecule has 0 atom stereocenters. The maximum atomic E-state index is 9.68. The summed E-state index contributed by atoms with van der Waals surface area (Å²) in [6.45, 7) is 0. The Labute approximate surface area is 49.8 Å². The SMILES string of the molecule is [O]C(=O)NS(=O)(=O)Cl. The normalized spacial score (nSPS) is 10.6. The van der Waals surface area contributed by atoms with Gasteiger partial charge in [0.15, 0.2) is 0 Å². The van der Waals surface area contributed by atoms with E-state index < -0.39 is 15.3 Å². The van der Waals surface area contributed by atoms with Crippen LogP contribution in [0.5, 0.6) is 0 Å². The van der Waals surface area contributed by atoms with Gasteiger partial charge in [0.05, 0.1) is 0 Å². The molecule has 0 heterocycles. The minimum absolute atomic E-state index is 0.925. The molecule has 7 heteroatoms. The highest BCUT2D eigenvalue weighted by atomic mass is 35.7. The van der Waals surface area contributed by atoms with Crippen molar-refractivity contribution in [3.05, 3.63) is 0 Å². The van der Waals surface area contributed by atoms with Crippen molar-refractivity contribution in [3.8, 4) is 0 Å². The Kier molecular flexibility index (Phi) is 2.05. The van der Waals surface area contributed by atoms with Crippen molar-refractivity contribution in [2.45, 2.75) is 0 Å². The van der Waals surface area contributed by atoms with Gasteiger partial charge < -0.3 is 0 Å². The molecule has 0 bridgehead atoms. The molecule has 5 nitrogen and oxygen atoms in total. The van der Waals surface area contributed by atoms with Crippen LogP contribution in [0.3, 0.4) is 0 Å². The molecule has 0 aromatic carbocycles. The summed E-state index contributed by atoms with van der Waals surface area (Å²) < 4.78 is 20.3. The molecule has 0 rings (SSSR count). The fourth-order valence-electron chi connectivity index (χ4n) is 0.0995. The van der Waals surface area contributed by atoms with Gasteiger partial charge in [-0.2, -0.15) is 8.42 Å². The fourth-order valence-corrected chi connectivity index (χ4v) is 0.488. The first kappa shape index (κ1) is 7.51. The van der Waals surface area contributed by atoms with Crippen LogP contribution < -0.4 is 4.72 Å². The van der Waals surface area contributed by atoms with Crippen molar-refractivity contribution in [1.29, 1.82) is 0 Å². The minimum atomic E-state index is -4.16. The molecule has 0 spiro atoms. The van der Waals surface area contributed by atoms with Gasteiger partial charge in [0.2, 0.25) is 0 Å². The zero-order chi connectivity index (χ0) is 6.78. The van der Waals surface area contributed by atoms with Gasteiger partial charge in [-0.05, 0) is 0 Å². The molecule has 1 N–H and O–H groups in total. The summed E-state index contributed by atoms with van der Waals surface area (Å²) >= 11 is 0. The largest absolute Gasteiger partial charge is 0.464 e. The Hall–Kier alpha value is -0.490. The van der Waals surface area contributed by atoms with Gasteiger partial charge >= 0.3 is 15.3 Å². The maximum Gasteiger partial charge on any atom is 0.464 e. The van der Waals surface area contributed by atoms with Gasteiger partial charge in [0.25, 0.3) is 0 Å². The molecular formula is CHClNO4S. The molecule has 0 saturated heterocycles. The van der Waals surface area contributed by atoms with Gasteiger partial charge in [0.1, 0.15) is 0 Å². The van der Waals surface area contributed by atoms with Crippen molar-refractivity contribution >= 4 is 26.0 Å². The van der Waals surface area contributed by atoms with Crippen molar-refractivity contribution in [3.63, 3.8) is 0 Å². The van der Waals surface area contributed by atoms with Crippen molar-refractivity contribution < 1.29 is 18.3 Å². The van der Waals surface area contributed by atoms with Crippen LogP contribution in [0.25, 0.3) is 0 Å². The van der Waals surface area contributed by atoms with E-state index in [-0.39, 0.29) is 0 Å². The van der Waals surface area contributed by atoms with Crippen LogP contribution in [-0.4, -0.2) is 14.5 Å². The lowest BCUT2D eigenvalue weighted by atomic mass is 11.3. The number of hydrogen-bond donors (Lipinski definition) is 1. The highest BCUT2D eigenvalue weighted by Crippen LogP contribution is 1.87. The zero-order valence-corrected chi connectivity index (χ0v) is 4.99. The van der Waals surface area contributed by atoms with Gasteiger partial charge in [-0.3, -0.25) is 0 Å². The van der Waals surface area contributed by atoms with Gasteiger partial charge in [-0.15, -0.1) is 0 Å². The van der Waals surface area contributed by atoms with Gasteiger partial charge in [-0.1, -0.05) is 0 Å². The second kappa shape index (κ2) is 2.19. The molecule has 0 aromatic heterocycles. The summed E-state index contributed by atoms with van der Waals surface area (Å²) in [5.41, 5.74) is 0. The number of carbonyl (C=O) groups is 1. The summed E-state index contributed by atoms with van der Waals surface area (Å²) in [4.78, 5) is 9.33. The van der Waals surface area contributed by atoms with Crippen LogP contribution in [0.2, 0.25) is 0 Å². The third kappa shape index (κ3) is 5.51. The monoisotopic (exact) mass is 158 g/mol. The predicted molar refractivity (Wildman–Crippen MR) is 24.0 cm³/mol. The molecule has 0 aliphatic rings. The Morgan fingerprint density at radius 1 is 1.50 bits per heavy atom. The average Bonchev–Trinajstić information content (AvgIpc) is 1.21. The Bertz CT molecular complexity index is 182. The van der Waals surface area contributed by atoms with Crippen molar-refractivity contribution in [1.82, 2.24) is 4.72 Å². The average molecular weight is 159 g/mol. The van der Waals surface area contributed by atoms with Crippen LogP contribution in [0.4, 0.5) is 4.79 Å². The van der Waals surface area contributed by atoms with E-state index in [9.17, 15) is 18.3 Å². The fraction of sp³-hybridized carbons (Fsp3) is 0. The summed E-state index contributed by atoms with van der Waals surface area (Å²) in [7, 11) is 0.205. The van der Waals surface area contributed by atoms with Gasteiger partial charge in [-0.25, -0.2) is 14.6 Å². The second-order valence-corrected chi connectivity index (χ2v) is 3.13. The smallest absolute Gasteiger partial charge is 0.219 e. The highest BCUT2D eigenvalue weighted by Gasteiger charge is 2.08. The van der Waals surface area contributed by atoms with Crippen LogP contribution in [0.1, 0.15) is 0 Å². The van der Waals surface area contributed by atoms with Crippen LogP contribution >= 0.6 is 10.7 Å². The molecule has 0 aliphatic heterocycles. The Morgan fingerprint density at radius 2 is 1.88 bits per heavy atom. The lowest BCUT2D eigenvalue weighted by Crippen LogP contribution is -2.22. The number of carbonyl (C=O) groups excluding carboxylic acids is 1. The number of rotatable bonds is 1. The van der Waals surface area contributed by atoms with E-state index in [0.717, 1.165) is 4.72 Å². The molecule has 0 unspecified atom stereocenters. The molecule has 0 saturated carbocycles. The Balaban J connectivity index is 3.95. The van der Waals surface area contributed by atoms with E-state index in [1.54, 1.807) is 0 Å². The van der Waals surface area contributed by atoms with E-state index in [4.69, 9.17) is 0 Å². The predicted octanol–water partition coefficient (Wildman–Crippen LogP) is -0.390. The first-order valence-corrected chi connectivity index (χ1v) is 3.66. The van der Waals surface area contributed by atoms with Crippen molar-refractivity contribution in [2.24, 2.45) is 0 Å². The first-order chi connectivity index (χ1) is 3.42. The van der Waals surface area contributed by atoms with E-state index in [2.05, 4.69) is 10.7 Å². The van der Waals surface area contributed by atoms with Crippen LogP contribution in [0.15, 0.2) is 0 Å². The number of hydrogen-bond acceptors (Lipinski definition) is 3. The van der Waals surface area contributed by atoms with Crippen molar-refractivity contribution in [2.75, 3.05) is 0 Å². The standard InChI is InChI=1S/CHClNO4S/c2-8(6,7)3-1(4)5/h3H. The molecular weight excluding hydrogens is 158 g/mol. The zero-order valence-electron chi connectivity index (χ0n) is 3.42. The number of halogens is 1. The topological polar surface area (TPSA) is 83.1 Å². The van der Waals surface area contributed by atoms with E-state index >= 15 is 0 Å². The summed E-state index contributed by atoms with van der Waals surface area (Å²) in [6.07, 6.45) is -1.94. The lowest BCUT2D eigenvalue weighted by Gasteiger charge is -1.86. The van der Waals surface area contributed by atoms with Gasteiger partial charge in [0, 0.05) is 10.7 Å². The molecule has 0 aliphatic carbocycles. The van der Waals surface area contributed by atoms with E-state index in [0.29, 0.717) is 0 Å². The minimum Gasteiger partial charge on any atom is -0.219 e. The molecule has 47 valence electrons.